The molecule has 2 aromatic carbocycles. The van der Waals surface area contributed by atoms with Crippen LogP contribution in [0.3, 0.4) is 0 Å². The summed E-state index contributed by atoms with van der Waals surface area (Å²) in [7, 11) is 1.55. The number of carbonyl (C=O) groups is 1. The molecule has 0 bridgehead atoms. The molecule has 2 saturated carbocycles. The van der Waals surface area contributed by atoms with Crippen molar-refractivity contribution in [2.45, 2.75) is 57.6 Å². The molecule has 2 aliphatic carbocycles. The number of aryl methyl sites for hydroxylation is 1. The second-order valence-electron chi connectivity index (χ2n) is 12.6. The van der Waals surface area contributed by atoms with Crippen molar-refractivity contribution < 1.29 is 23.8 Å². The molecule has 1 aromatic heterocycles. The molecule has 0 radical (unpaired) electrons. The molecule has 7 rings (SSSR count). The van der Waals surface area contributed by atoms with Gasteiger partial charge in [-0.05, 0) is 89.7 Å². The number of aromatic nitrogens is 1. The molecule has 1 N–H and O–H groups in total. The average Bonchev–Trinajstić information content (AvgIpc) is 3.91. The Morgan fingerprint density at radius 3 is 2.66 bits per heavy atom. The van der Waals surface area contributed by atoms with Crippen LogP contribution >= 0.6 is 0 Å². The molecule has 5 atom stereocenters. The van der Waals surface area contributed by atoms with E-state index in [0.717, 1.165) is 85.2 Å². The second-order valence-corrected chi connectivity index (χ2v) is 12.6. The largest absolute Gasteiger partial charge is 0.485 e. The van der Waals surface area contributed by atoms with Crippen LogP contribution in [-0.4, -0.2) is 41.2 Å². The summed E-state index contributed by atoms with van der Waals surface area (Å²) < 4.78 is 27.0. The number of nitrogens with zero attached hydrogens (tertiary/aromatic N) is 2. The third-order valence-electron chi connectivity index (χ3n) is 9.76. The van der Waals surface area contributed by atoms with E-state index in [-0.39, 0.29) is 17.8 Å². The lowest BCUT2D eigenvalue weighted by molar-refractivity contribution is -0.142. The van der Waals surface area contributed by atoms with Crippen molar-refractivity contribution in [2.75, 3.05) is 20.2 Å². The molecule has 3 heterocycles. The molecule has 2 aliphatic heterocycles. The quantitative estimate of drug-likeness (QED) is 0.319. The van der Waals surface area contributed by atoms with Gasteiger partial charge in [-0.3, -0.25) is 9.69 Å². The number of rotatable bonds is 9. The van der Waals surface area contributed by atoms with Gasteiger partial charge in [0.25, 0.3) is 0 Å². The molecule has 3 fully saturated rings. The number of aliphatic carboxylic acids is 1. The lowest BCUT2D eigenvalue weighted by Crippen LogP contribution is -2.23. The van der Waals surface area contributed by atoms with Gasteiger partial charge in [-0.25, -0.2) is 9.37 Å². The van der Waals surface area contributed by atoms with E-state index in [9.17, 15) is 9.90 Å². The van der Waals surface area contributed by atoms with Gasteiger partial charge in [0.1, 0.15) is 17.7 Å². The van der Waals surface area contributed by atoms with Crippen LogP contribution in [0.4, 0.5) is 4.39 Å². The maximum Gasteiger partial charge on any atom is 0.306 e. The number of hydrogen-bond donors (Lipinski definition) is 1. The Morgan fingerprint density at radius 1 is 1.12 bits per heavy atom. The SMILES string of the molecule is COc1cc(-c2ccc([C@H]3CCc4ccc(C(C5CC5)[C@H](C)C(=O)O)cc4O3)cc2CN2C[C@H]3C[C@H]3C2)c(F)cn1. The van der Waals surface area contributed by atoms with Crippen LogP contribution < -0.4 is 9.47 Å². The molecule has 0 amide bonds. The van der Waals surface area contributed by atoms with Crippen LogP contribution in [0.25, 0.3) is 11.1 Å². The first-order valence-electron chi connectivity index (χ1n) is 14.9. The van der Waals surface area contributed by atoms with Gasteiger partial charge in [0, 0.05) is 31.3 Å². The topological polar surface area (TPSA) is 71.9 Å². The van der Waals surface area contributed by atoms with E-state index in [4.69, 9.17) is 9.47 Å². The minimum atomic E-state index is -0.746. The minimum absolute atomic E-state index is 0.00610. The monoisotopic (exact) mass is 556 g/mol. The number of carboxylic acids is 1. The Labute approximate surface area is 240 Å². The van der Waals surface area contributed by atoms with Crippen molar-refractivity contribution in [2.24, 2.45) is 23.7 Å². The van der Waals surface area contributed by atoms with Crippen LogP contribution in [0.5, 0.6) is 11.6 Å². The van der Waals surface area contributed by atoms with Crippen LogP contribution in [0.15, 0.2) is 48.7 Å². The fourth-order valence-corrected chi connectivity index (χ4v) is 7.22. The number of pyridine rings is 1. The minimum Gasteiger partial charge on any atom is -0.485 e. The molecule has 1 unspecified atom stereocenters. The van der Waals surface area contributed by atoms with Gasteiger partial charge in [-0.2, -0.15) is 0 Å². The van der Waals surface area contributed by atoms with E-state index in [0.29, 0.717) is 17.4 Å². The predicted octanol–water partition coefficient (Wildman–Crippen LogP) is 6.63. The van der Waals surface area contributed by atoms with Gasteiger partial charge >= 0.3 is 5.97 Å². The average molecular weight is 557 g/mol. The van der Waals surface area contributed by atoms with Crippen molar-refractivity contribution in [3.8, 4) is 22.8 Å². The number of likely N-dealkylation sites (tertiary alicyclic amines) is 1. The fourth-order valence-electron chi connectivity index (χ4n) is 7.22. The standard InChI is InChI=1S/C34H37FN2O4/c1-19(34(38)39)33(21-4-5-21)23-6-3-20-8-10-30(41-31(20)13-23)22-7-9-27(28-14-32(40-2)36-15-29(28)35)26(11-22)18-37-16-24-12-25(24)17-37/h3,6-7,9,11,13-15,19,21,24-25,30,33H,4-5,8,10,12,16-18H2,1-2H3,(H,38,39)/t19-,24-,25+,30+,33?/m0/s1. The Morgan fingerprint density at radius 2 is 1.93 bits per heavy atom. The van der Waals surface area contributed by atoms with Crippen LogP contribution in [-0.2, 0) is 17.8 Å². The summed E-state index contributed by atoms with van der Waals surface area (Å²) in [6, 6.07) is 14.3. The summed E-state index contributed by atoms with van der Waals surface area (Å²) >= 11 is 0. The molecule has 41 heavy (non-hydrogen) atoms. The van der Waals surface area contributed by atoms with Gasteiger partial charge in [-0.1, -0.05) is 37.3 Å². The summed E-state index contributed by atoms with van der Waals surface area (Å²) in [5.41, 5.74) is 5.77. The summed E-state index contributed by atoms with van der Waals surface area (Å²) in [6.07, 6.45) is 6.37. The molecule has 214 valence electrons. The normalized spacial score (nSPS) is 24.6. The number of hydrogen-bond acceptors (Lipinski definition) is 5. The Bertz CT molecular complexity index is 1480. The fraction of sp³-hybridized carbons (Fsp3) is 0.471. The predicted molar refractivity (Wildman–Crippen MR) is 153 cm³/mol. The van der Waals surface area contributed by atoms with E-state index in [2.05, 4.69) is 40.2 Å². The highest BCUT2D eigenvalue weighted by molar-refractivity contribution is 5.71. The van der Waals surface area contributed by atoms with Gasteiger partial charge < -0.3 is 14.6 Å². The van der Waals surface area contributed by atoms with Gasteiger partial charge in [0.05, 0.1) is 19.2 Å². The summed E-state index contributed by atoms with van der Waals surface area (Å²) in [6.45, 7) is 4.79. The van der Waals surface area contributed by atoms with Crippen molar-refractivity contribution >= 4 is 5.97 Å². The zero-order chi connectivity index (χ0) is 28.2. The molecule has 7 heteroatoms. The number of carboxylic acid groups (broad SMARTS) is 1. The summed E-state index contributed by atoms with van der Waals surface area (Å²) in [5.74, 6) is 1.78. The lowest BCUT2D eigenvalue weighted by Gasteiger charge is -2.29. The van der Waals surface area contributed by atoms with Gasteiger partial charge in [0.15, 0.2) is 0 Å². The molecule has 3 aromatic rings. The molecule has 1 saturated heterocycles. The van der Waals surface area contributed by atoms with Crippen molar-refractivity contribution in [3.05, 3.63) is 76.7 Å². The molecule has 0 spiro atoms. The zero-order valence-electron chi connectivity index (χ0n) is 23.7. The van der Waals surface area contributed by atoms with Crippen LogP contribution in [0.2, 0.25) is 0 Å². The third kappa shape index (κ3) is 5.21. The van der Waals surface area contributed by atoms with Crippen LogP contribution in [0.1, 0.15) is 66.9 Å². The molecule has 4 aliphatic rings. The van der Waals surface area contributed by atoms with Gasteiger partial charge in [0.2, 0.25) is 5.88 Å². The highest BCUT2D eigenvalue weighted by atomic mass is 19.1. The second kappa shape index (κ2) is 10.4. The van der Waals surface area contributed by atoms with E-state index >= 15 is 4.39 Å². The van der Waals surface area contributed by atoms with E-state index in [1.54, 1.807) is 13.2 Å². The van der Waals surface area contributed by atoms with E-state index in [1.165, 1.54) is 18.2 Å². The number of piperidine rings is 1. The highest BCUT2D eigenvalue weighted by Gasteiger charge is 2.45. The smallest absolute Gasteiger partial charge is 0.306 e. The first-order valence-corrected chi connectivity index (χ1v) is 14.9. The molecule has 6 nitrogen and oxygen atoms in total. The Kier molecular flexibility index (Phi) is 6.73. The van der Waals surface area contributed by atoms with Gasteiger partial charge in [-0.15, -0.1) is 0 Å². The van der Waals surface area contributed by atoms with E-state index in [1.807, 2.05) is 13.0 Å². The summed E-state index contributed by atoms with van der Waals surface area (Å²) in [5, 5.41) is 9.75. The Hall–Kier alpha value is -3.45. The number of methoxy groups -OCH3 is 1. The zero-order valence-corrected chi connectivity index (χ0v) is 23.7. The highest BCUT2D eigenvalue weighted by Crippen LogP contribution is 2.49. The van der Waals surface area contributed by atoms with Crippen molar-refractivity contribution in [1.29, 1.82) is 0 Å². The number of ether oxygens (including phenoxy) is 2. The van der Waals surface area contributed by atoms with Crippen molar-refractivity contribution in [3.63, 3.8) is 0 Å². The number of benzene rings is 2. The number of fused-ring (bicyclic) bond motifs is 2. The first-order chi connectivity index (χ1) is 19.9. The molecular formula is C34H37FN2O4. The molecular weight excluding hydrogens is 519 g/mol. The first kappa shape index (κ1) is 26.4. The van der Waals surface area contributed by atoms with Crippen molar-refractivity contribution in [1.82, 2.24) is 9.88 Å². The third-order valence-corrected chi connectivity index (χ3v) is 9.76. The number of halogens is 1. The maximum atomic E-state index is 15.1. The van der Waals surface area contributed by atoms with Crippen LogP contribution in [0, 0.1) is 29.5 Å². The lowest BCUT2D eigenvalue weighted by atomic mass is 9.82. The summed E-state index contributed by atoms with van der Waals surface area (Å²) in [4.78, 5) is 18.4. The maximum absolute atomic E-state index is 15.1. The van der Waals surface area contributed by atoms with E-state index < -0.39 is 11.9 Å². The Balaban J connectivity index is 1.19.